The van der Waals surface area contributed by atoms with E-state index in [0.717, 1.165) is 17.2 Å². The van der Waals surface area contributed by atoms with Crippen LogP contribution in [0.5, 0.6) is 0 Å². The molecule has 0 aliphatic rings. The fourth-order valence-corrected chi connectivity index (χ4v) is 1.54. The summed E-state index contributed by atoms with van der Waals surface area (Å²) in [6, 6.07) is 3.12. The number of carboxylic acids is 1. The number of nitrogens with zero attached hydrogens (tertiary/aromatic N) is 1. The van der Waals surface area contributed by atoms with Crippen molar-refractivity contribution in [2.75, 3.05) is 14.1 Å². The Morgan fingerprint density at radius 2 is 2.12 bits per heavy atom. The summed E-state index contributed by atoms with van der Waals surface area (Å²) in [7, 11) is 3.71. The molecule has 0 heterocycles. The molecule has 92 valence electrons. The molecule has 4 heteroatoms. The topological polar surface area (TPSA) is 40.5 Å². The Kier molecular flexibility index (Phi) is 4.40. The molecular formula is C13H16FNO2. The second kappa shape index (κ2) is 5.59. The van der Waals surface area contributed by atoms with Crippen molar-refractivity contribution in [2.45, 2.75) is 13.5 Å². The maximum Gasteiger partial charge on any atom is 0.328 e. The third kappa shape index (κ3) is 4.00. The number of hydrogen-bond acceptors (Lipinski definition) is 2. The molecule has 17 heavy (non-hydrogen) atoms. The van der Waals surface area contributed by atoms with Crippen molar-refractivity contribution < 1.29 is 14.3 Å². The first-order chi connectivity index (χ1) is 7.90. The van der Waals surface area contributed by atoms with E-state index in [1.807, 2.05) is 19.0 Å². The highest BCUT2D eigenvalue weighted by atomic mass is 19.1. The highest BCUT2D eigenvalue weighted by Crippen LogP contribution is 2.18. The number of hydrogen-bond donors (Lipinski definition) is 1. The van der Waals surface area contributed by atoms with E-state index < -0.39 is 5.97 Å². The average molecular weight is 237 g/mol. The SMILES string of the molecule is Cc1cc(F)c(CN(C)C)cc1C=CC(=O)O. The highest BCUT2D eigenvalue weighted by molar-refractivity contribution is 5.85. The number of benzene rings is 1. The first-order valence-electron chi connectivity index (χ1n) is 5.25. The molecule has 3 nitrogen and oxygen atoms in total. The maximum atomic E-state index is 13.6. The number of carbonyl (C=O) groups is 1. The Balaban J connectivity index is 3.09. The average Bonchev–Trinajstić information content (AvgIpc) is 2.19. The van der Waals surface area contributed by atoms with Crippen LogP contribution >= 0.6 is 0 Å². The van der Waals surface area contributed by atoms with E-state index in [2.05, 4.69) is 0 Å². The molecule has 0 atom stereocenters. The Bertz CT molecular complexity index is 453. The van der Waals surface area contributed by atoms with Crippen LogP contribution in [0.3, 0.4) is 0 Å². The predicted molar refractivity (Wildman–Crippen MR) is 65.2 cm³/mol. The van der Waals surface area contributed by atoms with Crippen molar-refractivity contribution in [3.05, 3.63) is 40.7 Å². The molecule has 0 bridgehead atoms. The van der Waals surface area contributed by atoms with Gasteiger partial charge >= 0.3 is 5.97 Å². The van der Waals surface area contributed by atoms with Crippen LogP contribution in [0.2, 0.25) is 0 Å². The minimum atomic E-state index is -1.01. The normalized spacial score (nSPS) is 11.4. The smallest absolute Gasteiger partial charge is 0.328 e. The van der Waals surface area contributed by atoms with Gasteiger partial charge in [0.25, 0.3) is 0 Å². The van der Waals surface area contributed by atoms with Gasteiger partial charge in [-0.2, -0.15) is 0 Å². The Morgan fingerprint density at radius 1 is 1.47 bits per heavy atom. The number of aryl methyl sites for hydroxylation is 1. The number of aliphatic carboxylic acids is 1. The van der Waals surface area contributed by atoms with Crippen LogP contribution < -0.4 is 0 Å². The zero-order valence-corrected chi connectivity index (χ0v) is 10.2. The van der Waals surface area contributed by atoms with E-state index in [1.165, 1.54) is 12.1 Å². The minimum Gasteiger partial charge on any atom is -0.478 e. The number of carboxylic acid groups (broad SMARTS) is 1. The molecule has 0 saturated heterocycles. The van der Waals surface area contributed by atoms with Gasteiger partial charge in [0.15, 0.2) is 0 Å². The van der Waals surface area contributed by atoms with Crippen molar-refractivity contribution in [2.24, 2.45) is 0 Å². The van der Waals surface area contributed by atoms with Gasteiger partial charge in [-0.3, -0.25) is 0 Å². The molecule has 0 radical (unpaired) electrons. The van der Waals surface area contributed by atoms with Crippen LogP contribution in [0.25, 0.3) is 6.08 Å². The second-order valence-electron chi connectivity index (χ2n) is 4.21. The summed E-state index contributed by atoms with van der Waals surface area (Å²) in [5.41, 5.74) is 2.01. The van der Waals surface area contributed by atoms with Crippen molar-refractivity contribution >= 4 is 12.0 Å². The Hall–Kier alpha value is -1.68. The fraction of sp³-hybridized carbons (Fsp3) is 0.308. The molecule has 1 N–H and O–H groups in total. The number of rotatable bonds is 4. The molecule has 1 aromatic carbocycles. The molecule has 0 spiro atoms. The van der Waals surface area contributed by atoms with E-state index in [4.69, 9.17) is 5.11 Å². The third-order valence-corrected chi connectivity index (χ3v) is 2.33. The molecule has 0 aliphatic heterocycles. The molecule has 0 fully saturated rings. The lowest BCUT2D eigenvalue weighted by atomic mass is 10.0. The number of halogens is 1. The first kappa shape index (κ1) is 13.4. The molecule has 1 aromatic rings. The summed E-state index contributed by atoms with van der Waals surface area (Å²) in [5, 5.41) is 8.57. The summed E-state index contributed by atoms with van der Waals surface area (Å²) in [6.07, 6.45) is 2.54. The van der Waals surface area contributed by atoms with Gasteiger partial charge in [0.1, 0.15) is 5.82 Å². The zero-order valence-electron chi connectivity index (χ0n) is 10.2. The van der Waals surface area contributed by atoms with Gasteiger partial charge < -0.3 is 10.0 Å². The quantitative estimate of drug-likeness (QED) is 0.817. The lowest BCUT2D eigenvalue weighted by molar-refractivity contribution is -0.131. The zero-order chi connectivity index (χ0) is 13.0. The Labute approximate surface area is 100 Å². The van der Waals surface area contributed by atoms with Crippen LogP contribution in [-0.2, 0) is 11.3 Å². The summed E-state index contributed by atoms with van der Waals surface area (Å²) >= 11 is 0. The lowest BCUT2D eigenvalue weighted by Crippen LogP contribution is -2.12. The lowest BCUT2D eigenvalue weighted by Gasteiger charge is -2.12. The third-order valence-electron chi connectivity index (χ3n) is 2.33. The monoisotopic (exact) mass is 237 g/mol. The van der Waals surface area contributed by atoms with E-state index in [1.54, 1.807) is 13.0 Å². The summed E-state index contributed by atoms with van der Waals surface area (Å²) < 4.78 is 13.6. The van der Waals surface area contributed by atoms with Gasteiger partial charge in [0, 0.05) is 18.2 Å². The predicted octanol–water partition coefficient (Wildman–Crippen LogP) is 2.29. The maximum absolute atomic E-state index is 13.6. The summed E-state index contributed by atoms with van der Waals surface area (Å²) in [4.78, 5) is 12.3. The highest BCUT2D eigenvalue weighted by Gasteiger charge is 2.07. The Morgan fingerprint density at radius 3 is 2.65 bits per heavy atom. The summed E-state index contributed by atoms with van der Waals surface area (Å²) in [6.45, 7) is 2.24. The first-order valence-corrected chi connectivity index (χ1v) is 5.25. The molecule has 0 aliphatic carbocycles. The van der Waals surface area contributed by atoms with Crippen LogP contribution in [0, 0.1) is 12.7 Å². The van der Waals surface area contributed by atoms with Gasteiger partial charge in [0.05, 0.1) is 0 Å². The molecule has 0 saturated carbocycles. The van der Waals surface area contributed by atoms with Crippen molar-refractivity contribution in [3.63, 3.8) is 0 Å². The standard InChI is InChI=1S/C13H16FNO2/c1-9-6-12(14)11(8-15(2)3)7-10(9)4-5-13(16)17/h4-7H,8H2,1-3H3,(H,16,17). The van der Waals surface area contributed by atoms with Gasteiger partial charge in [-0.15, -0.1) is 0 Å². The van der Waals surface area contributed by atoms with E-state index in [9.17, 15) is 9.18 Å². The van der Waals surface area contributed by atoms with Crippen molar-refractivity contribution in [3.8, 4) is 0 Å². The van der Waals surface area contributed by atoms with Crippen LogP contribution in [0.4, 0.5) is 4.39 Å². The minimum absolute atomic E-state index is 0.260. The second-order valence-corrected chi connectivity index (χ2v) is 4.21. The molecule has 1 rings (SSSR count). The van der Waals surface area contributed by atoms with E-state index >= 15 is 0 Å². The van der Waals surface area contributed by atoms with Gasteiger partial charge in [-0.1, -0.05) is 0 Å². The van der Waals surface area contributed by atoms with Crippen LogP contribution in [-0.4, -0.2) is 30.1 Å². The fourth-order valence-electron chi connectivity index (χ4n) is 1.54. The summed E-state index contributed by atoms with van der Waals surface area (Å²) in [5.74, 6) is -1.27. The molecule has 0 amide bonds. The van der Waals surface area contributed by atoms with Crippen LogP contribution in [0.1, 0.15) is 16.7 Å². The largest absolute Gasteiger partial charge is 0.478 e. The van der Waals surface area contributed by atoms with Crippen molar-refractivity contribution in [1.82, 2.24) is 4.90 Å². The van der Waals surface area contributed by atoms with Gasteiger partial charge in [-0.25, -0.2) is 9.18 Å². The molecule has 0 unspecified atom stereocenters. The van der Waals surface area contributed by atoms with Crippen LogP contribution in [0.15, 0.2) is 18.2 Å². The van der Waals surface area contributed by atoms with Crippen molar-refractivity contribution in [1.29, 1.82) is 0 Å². The molecule has 0 aromatic heterocycles. The van der Waals surface area contributed by atoms with E-state index in [-0.39, 0.29) is 5.82 Å². The molecular weight excluding hydrogens is 221 g/mol. The van der Waals surface area contributed by atoms with E-state index in [0.29, 0.717) is 12.1 Å². The van der Waals surface area contributed by atoms with Gasteiger partial charge in [-0.05, 0) is 50.4 Å². The van der Waals surface area contributed by atoms with Gasteiger partial charge in [0.2, 0.25) is 0 Å².